The van der Waals surface area contributed by atoms with Crippen LogP contribution in [-0.2, 0) is 4.74 Å². The fraction of sp³-hybridized carbons (Fsp3) is 0.933. The third-order valence-corrected chi connectivity index (χ3v) is 3.89. The zero-order valence-electron chi connectivity index (χ0n) is 14.0. The van der Waals surface area contributed by atoms with Crippen LogP contribution in [0.15, 0.2) is 0 Å². The minimum atomic E-state index is -0.109. The molecule has 0 aliphatic carbocycles. The lowest BCUT2D eigenvalue weighted by atomic mass is 10.1. The fourth-order valence-corrected chi connectivity index (χ4v) is 2.63. The highest BCUT2D eigenvalue weighted by Gasteiger charge is 2.17. The lowest BCUT2D eigenvalue weighted by molar-refractivity contribution is 0.124. The van der Waals surface area contributed by atoms with Gasteiger partial charge in [-0.25, -0.2) is 4.79 Å². The Hall–Kier alpha value is -0.850. The van der Waals surface area contributed by atoms with Crippen LogP contribution in [-0.4, -0.2) is 81.4 Å². The fourth-order valence-electron chi connectivity index (χ4n) is 2.63. The highest BCUT2D eigenvalue weighted by Crippen LogP contribution is 2.04. The number of rotatable bonds is 8. The molecule has 2 N–H and O–H groups in total. The van der Waals surface area contributed by atoms with Gasteiger partial charge in [0.1, 0.15) is 0 Å². The third kappa shape index (κ3) is 7.64. The van der Waals surface area contributed by atoms with E-state index in [1.54, 1.807) is 7.11 Å². The molecule has 1 saturated heterocycles. The van der Waals surface area contributed by atoms with Crippen LogP contribution in [0.3, 0.4) is 0 Å². The zero-order chi connectivity index (χ0) is 15.7. The molecule has 1 fully saturated rings. The molecule has 1 rings (SSSR count). The molecular weight excluding hydrogens is 268 g/mol. The predicted octanol–water partition coefficient (Wildman–Crippen LogP) is 0.594. The number of urea groups is 1. The van der Waals surface area contributed by atoms with Crippen LogP contribution < -0.4 is 10.6 Å². The first-order valence-corrected chi connectivity index (χ1v) is 8.03. The maximum atomic E-state index is 11.7. The van der Waals surface area contributed by atoms with Gasteiger partial charge < -0.3 is 25.2 Å². The SMILES string of the molecule is CCN1CCN(C[C@@H](C)CNC(=O)N[C@H](C)COC)CC1. The number of nitrogens with one attached hydrogen (secondary N) is 2. The molecule has 0 radical (unpaired) electrons. The number of hydrogen-bond acceptors (Lipinski definition) is 4. The van der Waals surface area contributed by atoms with Crippen molar-refractivity contribution in [3.63, 3.8) is 0 Å². The van der Waals surface area contributed by atoms with Crippen molar-refractivity contribution in [1.29, 1.82) is 0 Å². The molecule has 0 bridgehead atoms. The molecule has 1 aliphatic heterocycles. The summed E-state index contributed by atoms with van der Waals surface area (Å²) in [5.74, 6) is 0.460. The van der Waals surface area contributed by atoms with Gasteiger partial charge in [-0.3, -0.25) is 0 Å². The highest BCUT2D eigenvalue weighted by molar-refractivity contribution is 5.74. The van der Waals surface area contributed by atoms with Gasteiger partial charge in [0.05, 0.1) is 12.6 Å². The summed E-state index contributed by atoms with van der Waals surface area (Å²) in [6, 6.07) is -0.0744. The molecule has 0 aromatic carbocycles. The van der Waals surface area contributed by atoms with E-state index in [-0.39, 0.29) is 12.1 Å². The van der Waals surface area contributed by atoms with Gasteiger partial charge >= 0.3 is 6.03 Å². The number of likely N-dealkylation sites (N-methyl/N-ethyl adjacent to an activating group) is 1. The van der Waals surface area contributed by atoms with Crippen LogP contribution >= 0.6 is 0 Å². The Labute approximate surface area is 129 Å². The summed E-state index contributed by atoms with van der Waals surface area (Å²) in [5, 5.41) is 5.80. The molecule has 124 valence electrons. The van der Waals surface area contributed by atoms with Gasteiger partial charge in [0, 0.05) is 46.4 Å². The maximum Gasteiger partial charge on any atom is 0.315 e. The molecular formula is C15H32N4O2. The number of methoxy groups -OCH3 is 1. The van der Waals surface area contributed by atoms with Crippen LogP contribution in [0.2, 0.25) is 0 Å². The van der Waals surface area contributed by atoms with E-state index < -0.39 is 0 Å². The summed E-state index contributed by atoms with van der Waals surface area (Å²) in [7, 11) is 1.64. The Morgan fingerprint density at radius 3 is 2.38 bits per heavy atom. The van der Waals surface area contributed by atoms with Gasteiger partial charge in [0.2, 0.25) is 0 Å². The lowest BCUT2D eigenvalue weighted by Crippen LogP contribution is -2.49. The quantitative estimate of drug-likeness (QED) is 0.689. The smallest absolute Gasteiger partial charge is 0.315 e. The largest absolute Gasteiger partial charge is 0.383 e. The molecule has 0 unspecified atom stereocenters. The molecule has 2 atom stereocenters. The second-order valence-corrected chi connectivity index (χ2v) is 6.05. The second kappa shape index (κ2) is 9.97. The summed E-state index contributed by atoms with van der Waals surface area (Å²) in [4.78, 5) is 16.7. The summed E-state index contributed by atoms with van der Waals surface area (Å²) >= 11 is 0. The zero-order valence-corrected chi connectivity index (χ0v) is 14.0. The van der Waals surface area contributed by atoms with E-state index in [1.807, 2.05) is 6.92 Å². The number of nitrogens with zero attached hydrogens (tertiary/aromatic N) is 2. The second-order valence-electron chi connectivity index (χ2n) is 6.05. The molecule has 0 aromatic heterocycles. The van der Waals surface area contributed by atoms with Gasteiger partial charge in [0.25, 0.3) is 0 Å². The van der Waals surface area contributed by atoms with Gasteiger partial charge in [-0.2, -0.15) is 0 Å². The summed E-state index contributed by atoms with van der Waals surface area (Å²) in [5.41, 5.74) is 0. The lowest BCUT2D eigenvalue weighted by Gasteiger charge is -2.35. The van der Waals surface area contributed by atoms with Gasteiger partial charge in [-0.1, -0.05) is 13.8 Å². The van der Waals surface area contributed by atoms with Crippen molar-refractivity contribution in [3.05, 3.63) is 0 Å². The molecule has 6 nitrogen and oxygen atoms in total. The van der Waals surface area contributed by atoms with Crippen molar-refractivity contribution >= 4 is 6.03 Å². The molecule has 1 aliphatic rings. The van der Waals surface area contributed by atoms with E-state index >= 15 is 0 Å². The molecule has 0 aromatic rings. The highest BCUT2D eigenvalue weighted by atomic mass is 16.5. The normalized spacial score (nSPS) is 20.0. The van der Waals surface area contributed by atoms with Crippen LogP contribution in [0.4, 0.5) is 4.79 Å². The summed E-state index contributed by atoms with van der Waals surface area (Å²) in [6.45, 7) is 14.3. The molecule has 21 heavy (non-hydrogen) atoms. The van der Waals surface area contributed by atoms with Crippen molar-refractivity contribution in [2.75, 3.05) is 59.5 Å². The van der Waals surface area contributed by atoms with Gasteiger partial charge in [0.15, 0.2) is 0 Å². The number of piperazine rings is 1. The van der Waals surface area contributed by atoms with Crippen molar-refractivity contribution in [1.82, 2.24) is 20.4 Å². The topological polar surface area (TPSA) is 56.8 Å². The number of carbonyl (C=O) groups excluding carboxylic acids is 1. The molecule has 1 heterocycles. The Balaban J connectivity index is 2.13. The van der Waals surface area contributed by atoms with E-state index in [0.29, 0.717) is 19.1 Å². The first-order chi connectivity index (χ1) is 10.0. The van der Waals surface area contributed by atoms with Crippen molar-refractivity contribution < 1.29 is 9.53 Å². The van der Waals surface area contributed by atoms with E-state index in [4.69, 9.17) is 4.74 Å². The van der Waals surface area contributed by atoms with Crippen molar-refractivity contribution in [2.45, 2.75) is 26.8 Å². The number of ether oxygens (including phenoxy) is 1. The average molecular weight is 300 g/mol. The van der Waals surface area contributed by atoms with Crippen LogP contribution in [0.25, 0.3) is 0 Å². The average Bonchev–Trinajstić information content (AvgIpc) is 2.46. The van der Waals surface area contributed by atoms with E-state index in [0.717, 1.165) is 39.3 Å². The van der Waals surface area contributed by atoms with Gasteiger partial charge in [-0.15, -0.1) is 0 Å². The first-order valence-electron chi connectivity index (χ1n) is 8.03. The minimum Gasteiger partial charge on any atom is -0.383 e. The minimum absolute atomic E-state index is 0.0347. The van der Waals surface area contributed by atoms with Crippen LogP contribution in [0.5, 0.6) is 0 Å². The Bertz CT molecular complexity index is 293. The number of carbonyl (C=O) groups is 1. The number of amides is 2. The molecule has 2 amide bonds. The van der Waals surface area contributed by atoms with E-state index in [2.05, 4.69) is 34.3 Å². The van der Waals surface area contributed by atoms with Gasteiger partial charge in [-0.05, 0) is 19.4 Å². The monoisotopic (exact) mass is 300 g/mol. The molecule has 0 spiro atoms. The summed E-state index contributed by atoms with van der Waals surface area (Å²) in [6.07, 6.45) is 0. The summed E-state index contributed by atoms with van der Waals surface area (Å²) < 4.78 is 5.00. The van der Waals surface area contributed by atoms with E-state index in [9.17, 15) is 4.79 Å². The Morgan fingerprint density at radius 2 is 1.81 bits per heavy atom. The molecule has 0 saturated carbocycles. The standard InChI is InChI=1S/C15H32N4O2/c1-5-18-6-8-19(9-7-18)11-13(2)10-16-15(20)17-14(3)12-21-4/h13-14H,5-12H2,1-4H3,(H2,16,17,20)/t13-,14+/m0/s1. The Morgan fingerprint density at radius 1 is 1.19 bits per heavy atom. The maximum absolute atomic E-state index is 11.7. The van der Waals surface area contributed by atoms with Crippen LogP contribution in [0, 0.1) is 5.92 Å². The molecule has 6 heteroatoms. The Kier molecular flexibility index (Phi) is 8.64. The third-order valence-electron chi connectivity index (χ3n) is 3.89. The first kappa shape index (κ1) is 18.2. The van der Waals surface area contributed by atoms with Crippen molar-refractivity contribution in [3.8, 4) is 0 Å². The van der Waals surface area contributed by atoms with Crippen LogP contribution in [0.1, 0.15) is 20.8 Å². The van der Waals surface area contributed by atoms with Crippen molar-refractivity contribution in [2.24, 2.45) is 5.92 Å². The predicted molar refractivity (Wildman–Crippen MR) is 85.6 cm³/mol. The van der Waals surface area contributed by atoms with E-state index in [1.165, 1.54) is 0 Å². The number of hydrogen-bond donors (Lipinski definition) is 2.